The standard InChI is InChI=1S/C17H14FN3S2/c1-11-10-23-17(19-11)21-15(12-4-6-13(18)7-5-12)9-14(20-21)16-3-2-8-22-16/h2-8,10,15H,9H2,1H3/t15-/m0/s1. The fourth-order valence-electron chi connectivity index (χ4n) is 2.67. The van der Waals surface area contributed by atoms with Gasteiger partial charge in [-0.05, 0) is 36.1 Å². The van der Waals surface area contributed by atoms with Gasteiger partial charge in [-0.25, -0.2) is 14.4 Å². The summed E-state index contributed by atoms with van der Waals surface area (Å²) in [6, 6.07) is 10.8. The number of anilines is 1. The molecule has 0 saturated heterocycles. The molecule has 1 atom stereocenters. The number of thiazole rings is 1. The summed E-state index contributed by atoms with van der Waals surface area (Å²) in [6.07, 6.45) is 0.796. The SMILES string of the molecule is Cc1csc(N2N=C(c3cccs3)C[C@H]2c2ccc(F)cc2)n1. The third-order valence-corrected chi connectivity index (χ3v) is 5.64. The second-order valence-corrected chi connectivity index (χ2v) is 7.20. The highest BCUT2D eigenvalue weighted by atomic mass is 32.1. The van der Waals surface area contributed by atoms with Gasteiger partial charge in [0.05, 0.1) is 22.3 Å². The Morgan fingerprint density at radius 2 is 2.00 bits per heavy atom. The third kappa shape index (κ3) is 2.80. The molecular formula is C17H14FN3S2. The Kier molecular flexibility index (Phi) is 3.71. The van der Waals surface area contributed by atoms with Crippen molar-refractivity contribution in [2.24, 2.45) is 5.10 Å². The molecule has 4 rings (SSSR count). The molecule has 3 aromatic rings. The van der Waals surface area contributed by atoms with Gasteiger partial charge in [-0.15, -0.1) is 22.7 Å². The summed E-state index contributed by atoms with van der Waals surface area (Å²) in [5.41, 5.74) is 3.10. The van der Waals surface area contributed by atoms with Gasteiger partial charge >= 0.3 is 0 Å². The minimum absolute atomic E-state index is 0.0539. The summed E-state index contributed by atoms with van der Waals surface area (Å²) in [5.74, 6) is -0.220. The number of hydrogen-bond acceptors (Lipinski definition) is 5. The van der Waals surface area contributed by atoms with Crippen molar-refractivity contribution >= 4 is 33.5 Å². The van der Waals surface area contributed by atoms with Crippen LogP contribution in [-0.4, -0.2) is 10.7 Å². The van der Waals surface area contributed by atoms with Crippen molar-refractivity contribution in [3.8, 4) is 0 Å². The van der Waals surface area contributed by atoms with E-state index in [9.17, 15) is 4.39 Å². The van der Waals surface area contributed by atoms with E-state index in [-0.39, 0.29) is 11.9 Å². The van der Waals surface area contributed by atoms with E-state index in [0.29, 0.717) is 0 Å². The number of nitrogens with zero attached hydrogens (tertiary/aromatic N) is 3. The molecule has 3 nitrogen and oxygen atoms in total. The Balaban J connectivity index is 1.74. The van der Waals surface area contributed by atoms with Gasteiger partial charge in [-0.1, -0.05) is 18.2 Å². The highest BCUT2D eigenvalue weighted by Crippen LogP contribution is 2.38. The van der Waals surface area contributed by atoms with Gasteiger partial charge < -0.3 is 0 Å². The molecule has 0 fully saturated rings. The van der Waals surface area contributed by atoms with Crippen LogP contribution in [0.1, 0.15) is 28.6 Å². The highest BCUT2D eigenvalue weighted by molar-refractivity contribution is 7.13. The van der Waals surface area contributed by atoms with Gasteiger partial charge in [0.1, 0.15) is 5.82 Å². The number of aryl methyl sites for hydroxylation is 1. The van der Waals surface area contributed by atoms with Crippen molar-refractivity contribution in [2.75, 3.05) is 5.01 Å². The zero-order valence-corrected chi connectivity index (χ0v) is 14.1. The van der Waals surface area contributed by atoms with Crippen molar-refractivity contribution in [3.63, 3.8) is 0 Å². The first kappa shape index (κ1) is 14.5. The first-order chi connectivity index (χ1) is 11.2. The normalized spacial score (nSPS) is 17.6. The highest BCUT2D eigenvalue weighted by Gasteiger charge is 2.31. The quantitative estimate of drug-likeness (QED) is 0.669. The number of thiophene rings is 1. The fraction of sp³-hybridized carbons (Fsp3) is 0.176. The molecule has 1 aliphatic heterocycles. The largest absolute Gasteiger partial charge is 0.231 e. The lowest BCUT2D eigenvalue weighted by Gasteiger charge is -2.21. The molecule has 0 saturated carbocycles. The van der Waals surface area contributed by atoms with E-state index >= 15 is 0 Å². The molecule has 0 bridgehead atoms. The van der Waals surface area contributed by atoms with Crippen LogP contribution in [0.3, 0.4) is 0 Å². The molecule has 0 N–H and O–H groups in total. The number of hydrazone groups is 1. The van der Waals surface area contributed by atoms with Crippen molar-refractivity contribution in [1.82, 2.24) is 4.98 Å². The molecule has 0 spiro atoms. The van der Waals surface area contributed by atoms with Crippen molar-refractivity contribution in [1.29, 1.82) is 0 Å². The Morgan fingerprint density at radius 1 is 1.17 bits per heavy atom. The molecular weight excluding hydrogens is 329 g/mol. The Hall–Kier alpha value is -2.05. The number of hydrogen-bond donors (Lipinski definition) is 0. The smallest absolute Gasteiger partial charge is 0.206 e. The predicted molar refractivity (Wildman–Crippen MR) is 93.9 cm³/mol. The van der Waals surface area contributed by atoms with Gasteiger partial charge in [0.25, 0.3) is 0 Å². The van der Waals surface area contributed by atoms with E-state index in [4.69, 9.17) is 5.10 Å². The van der Waals surface area contributed by atoms with Crippen LogP contribution in [0.25, 0.3) is 0 Å². The molecule has 116 valence electrons. The molecule has 0 radical (unpaired) electrons. The van der Waals surface area contributed by atoms with E-state index in [1.165, 1.54) is 17.0 Å². The number of aromatic nitrogens is 1. The van der Waals surface area contributed by atoms with E-state index in [1.54, 1.807) is 22.7 Å². The molecule has 0 aliphatic carbocycles. The molecule has 23 heavy (non-hydrogen) atoms. The van der Waals surface area contributed by atoms with Gasteiger partial charge in [-0.3, -0.25) is 0 Å². The third-order valence-electron chi connectivity index (χ3n) is 3.77. The maximum absolute atomic E-state index is 13.2. The van der Waals surface area contributed by atoms with Crippen LogP contribution >= 0.6 is 22.7 Å². The second kappa shape index (κ2) is 5.86. The maximum Gasteiger partial charge on any atom is 0.206 e. The van der Waals surface area contributed by atoms with Crippen LogP contribution in [0.15, 0.2) is 52.3 Å². The molecule has 1 aromatic carbocycles. The Morgan fingerprint density at radius 3 is 2.65 bits per heavy atom. The van der Waals surface area contributed by atoms with Crippen molar-refractivity contribution in [3.05, 3.63) is 69.1 Å². The predicted octanol–water partition coefficient (Wildman–Crippen LogP) is 5.01. The van der Waals surface area contributed by atoms with Crippen LogP contribution in [0.5, 0.6) is 0 Å². The van der Waals surface area contributed by atoms with E-state index < -0.39 is 0 Å². The van der Waals surface area contributed by atoms with Crippen LogP contribution < -0.4 is 5.01 Å². The first-order valence-electron chi connectivity index (χ1n) is 7.29. The second-order valence-electron chi connectivity index (χ2n) is 5.41. The van der Waals surface area contributed by atoms with Crippen LogP contribution in [-0.2, 0) is 0 Å². The lowest BCUT2D eigenvalue weighted by atomic mass is 10.0. The van der Waals surface area contributed by atoms with Gasteiger partial charge in [-0.2, -0.15) is 5.10 Å². The first-order valence-corrected chi connectivity index (χ1v) is 9.05. The minimum atomic E-state index is -0.220. The fourth-order valence-corrected chi connectivity index (χ4v) is 4.19. The molecule has 6 heteroatoms. The van der Waals surface area contributed by atoms with Crippen LogP contribution in [0.2, 0.25) is 0 Å². The summed E-state index contributed by atoms with van der Waals surface area (Å²) >= 11 is 3.27. The zero-order valence-electron chi connectivity index (χ0n) is 12.4. The molecule has 0 amide bonds. The van der Waals surface area contributed by atoms with Gasteiger partial charge in [0.15, 0.2) is 0 Å². The topological polar surface area (TPSA) is 28.5 Å². The molecule has 3 heterocycles. The minimum Gasteiger partial charge on any atom is -0.231 e. The number of benzene rings is 1. The van der Waals surface area contributed by atoms with Crippen LogP contribution in [0, 0.1) is 12.7 Å². The number of rotatable bonds is 3. The molecule has 1 aliphatic rings. The number of halogens is 1. The summed E-state index contributed by atoms with van der Waals surface area (Å²) < 4.78 is 13.2. The van der Waals surface area contributed by atoms with E-state index in [2.05, 4.69) is 16.4 Å². The molecule has 0 unspecified atom stereocenters. The lowest BCUT2D eigenvalue weighted by Crippen LogP contribution is -2.18. The van der Waals surface area contributed by atoms with Crippen molar-refractivity contribution < 1.29 is 4.39 Å². The average molecular weight is 343 g/mol. The van der Waals surface area contributed by atoms with Crippen molar-refractivity contribution in [2.45, 2.75) is 19.4 Å². The lowest BCUT2D eigenvalue weighted by molar-refractivity contribution is 0.624. The van der Waals surface area contributed by atoms with E-state index in [1.807, 2.05) is 35.5 Å². The average Bonchev–Trinajstić information content (AvgIpc) is 3.27. The van der Waals surface area contributed by atoms with Gasteiger partial charge in [0.2, 0.25) is 5.13 Å². The summed E-state index contributed by atoms with van der Waals surface area (Å²) in [5, 5.41) is 11.7. The summed E-state index contributed by atoms with van der Waals surface area (Å²) in [4.78, 5) is 5.74. The summed E-state index contributed by atoms with van der Waals surface area (Å²) in [7, 11) is 0. The van der Waals surface area contributed by atoms with Gasteiger partial charge in [0, 0.05) is 11.8 Å². The maximum atomic E-state index is 13.2. The monoisotopic (exact) mass is 343 g/mol. The molecule has 2 aromatic heterocycles. The zero-order chi connectivity index (χ0) is 15.8. The van der Waals surface area contributed by atoms with E-state index in [0.717, 1.165) is 28.5 Å². The van der Waals surface area contributed by atoms with Crippen LogP contribution in [0.4, 0.5) is 9.52 Å². The Bertz CT molecular complexity index is 837. The summed E-state index contributed by atoms with van der Waals surface area (Å²) in [6.45, 7) is 1.98. The Labute approximate surface area is 141 Å².